The van der Waals surface area contributed by atoms with E-state index in [1.54, 1.807) is 60.8 Å². The van der Waals surface area contributed by atoms with Crippen LogP contribution in [0.25, 0.3) is 0 Å². The molecule has 4 aromatic carbocycles. The number of carbonyl (C=O) groups excluding carboxylic acids is 2. The zero-order valence-electron chi connectivity index (χ0n) is 24.3. The molecule has 0 fully saturated rings. The number of methoxy groups -OCH3 is 3. The number of hydrogen-bond acceptors (Lipinski definition) is 8. The van der Waals surface area contributed by atoms with E-state index < -0.39 is 23.5 Å². The number of esters is 1. The molecule has 0 radical (unpaired) electrons. The molecule has 1 amide bonds. The topological polar surface area (TPSA) is 119 Å². The summed E-state index contributed by atoms with van der Waals surface area (Å²) < 4.78 is 22.3. The monoisotopic (exact) mass is 587 g/mol. The lowest BCUT2D eigenvalue weighted by Crippen LogP contribution is -2.36. The molecule has 5 rings (SSSR count). The van der Waals surface area contributed by atoms with Gasteiger partial charge in [0.15, 0.2) is 17.0 Å². The fraction of sp³-hybridized carbons (Fsp3) is 0.143. The van der Waals surface area contributed by atoms with Gasteiger partial charge in [-0.2, -0.15) is 5.26 Å². The van der Waals surface area contributed by atoms with Crippen molar-refractivity contribution in [1.82, 2.24) is 0 Å². The van der Waals surface area contributed by atoms with Gasteiger partial charge in [0.2, 0.25) is 0 Å². The van der Waals surface area contributed by atoms with Crippen LogP contribution in [0.15, 0.2) is 108 Å². The summed E-state index contributed by atoms with van der Waals surface area (Å²) >= 11 is 0. The zero-order chi connectivity index (χ0) is 31.1. The van der Waals surface area contributed by atoms with Crippen LogP contribution in [0.1, 0.15) is 38.7 Å². The van der Waals surface area contributed by atoms with Crippen LogP contribution >= 0.6 is 0 Å². The smallest absolute Gasteiger partial charge is 0.341 e. The second-order valence-electron chi connectivity index (χ2n) is 9.77. The summed E-state index contributed by atoms with van der Waals surface area (Å²) in [6.07, 6.45) is 4.34. The fourth-order valence-electron chi connectivity index (χ4n) is 4.92. The molecular formula is C35H29N3O6. The normalized spacial score (nSPS) is 15.6. The maximum absolute atomic E-state index is 13.8. The number of rotatable bonds is 10. The molecule has 220 valence electrons. The van der Waals surface area contributed by atoms with Crippen molar-refractivity contribution < 1.29 is 28.5 Å². The van der Waals surface area contributed by atoms with E-state index >= 15 is 0 Å². The second-order valence-corrected chi connectivity index (χ2v) is 9.77. The molecule has 2 unspecified atom stereocenters. The molecule has 9 heteroatoms. The van der Waals surface area contributed by atoms with Gasteiger partial charge in [0.25, 0.3) is 5.91 Å². The van der Waals surface area contributed by atoms with Crippen molar-refractivity contribution in [1.29, 1.82) is 5.26 Å². The summed E-state index contributed by atoms with van der Waals surface area (Å²) in [5.41, 5.74) is 1.80. The van der Waals surface area contributed by atoms with Gasteiger partial charge in [0.1, 0.15) is 17.4 Å². The van der Waals surface area contributed by atoms with Crippen molar-refractivity contribution >= 4 is 23.8 Å². The van der Waals surface area contributed by atoms with Gasteiger partial charge < -0.3 is 24.3 Å². The SMILES string of the molecule is COC(=O)c1cc(NC(=O)C2(c3ccc(OC)c(OC)c3)C=CC=N2)ccc1OC(c1ccccc1)c1ccc(C#N)cc1. The van der Waals surface area contributed by atoms with Crippen molar-refractivity contribution in [3.8, 4) is 23.3 Å². The average Bonchev–Trinajstić information content (AvgIpc) is 3.59. The predicted octanol–water partition coefficient (Wildman–Crippen LogP) is 6.01. The number of nitrogens with one attached hydrogen (secondary N) is 1. The summed E-state index contributed by atoms with van der Waals surface area (Å²) in [4.78, 5) is 31.3. The van der Waals surface area contributed by atoms with Gasteiger partial charge in [-0.1, -0.05) is 48.5 Å². The summed E-state index contributed by atoms with van der Waals surface area (Å²) in [6.45, 7) is 0. The molecule has 0 aromatic heterocycles. The Kier molecular flexibility index (Phi) is 8.72. The Bertz CT molecular complexity index is 1760. The third-order valence-electron chi connectivity index (χ3n) is 7.20. The summed E-state index contributed by atoms with van der Waals surface area (Å²) in [5, 5.41) is 12.1. The van der Waals surface area contributed by atoms with E-state index in [0.29, 0.717) is 28.3 Å². The van der Waals surface area contributed by atoms with Crippen LogP contribution in [0.2, 0.25) is 0 Å². The number of carbonyl (C=O) groups is 2. The molecule has 0 saturated carbocycles. The van der Waals surface area contributed by atoms with Gasteiger partial charge in [0, 0.05) is 11.9 Å². The Hall–Kier alpha value is -5.88. The standard InChI is InChI=1S/C35H29N3O6/c1-41-30-16-14-26(20-31(30)42-2)35(18-7-19-37-35)34(40)38-27-15-17-29(28(21-27)33(39)43-3)44-32(24-8-5-4-6-9-24)25-12-10-23(22-36)11-13-25/h4-21,32H,1-3H3,(H,38,40). The Labute approximate surface area is 255 Å². The van der Waals surface area contributed by atoms with Crippen LogP contribution < -0.4 is 19.5 Å². The van der Waals surface area contributed by atoms with E-state index in [0.717, 1.165) is 11.1 Å². The fourth-order valence-corrected chi connectivity index (χ4v) is 4.92. The molecule has 1 aliphatic rings. The van der Waals surface area contributed by atoms with Crippen LogP contribution in [0, 0.1) is 11.3 Å². The number of aliphatic imine (C=N–C) groups is 1. The van der Waals surface area contributed by atoms with Gasteiger partial charge in [-0.25, -0.2) is 4.79 Å². The number of allylic oxidation sites excluding steroid dienone is 1. The number of hydrogen-bond donors (Lipinski definition) is 1. The van der Waals surface area contributed by atoms with E-state index in [4.69, 9.17) is 18.9 Å². The Morgan fingerprint density at radius 1 is 0.841 bits per heavy atom. The van der Waals surface area contributed by atoms with Crippen LogP contribution in [0.5, 0.6) is 17.2 Å². The van der Waals surface area contributed by atoms with E-state index in [2.05, 4.69) is 16.4 Å². The molecule has 0 aliphatic carbocycles. The molecule has 44 heavy (non-hydrogen) atoms. The highest BCUT2D eigenvalue weighted by atomic mass is 16.5. The first-order chi connectivity index (χ1) is 21.4. The van der Waals surface area contributed by atoms with Gasteiger partial charge in [-0.15, -0.1) is 0 Å². The summed E-state index contributed by atoms with van der Waals surface area (Å²) in [5.74, 6) is 0.139. The summed E-state index contributed by atoms with van der Waals surface area (Å²) in [6, 6.07) is 28.6. The lowest BCUT2D eigenvalue weighted by molar-refractivity contribution is -0.119. The molecular weight excluding hydrogens is 558 g/mol. The van der Waals surface area contributed by atoms with E-state index in [1.807, 2.05) is 42.5 Å². The largest absolute Gasteiger partial charge is 0.493 e. The third-order valence-corrected chi connectivity index (χ3v) is 7.20. The Balaban J connectivity index is 1.48. The number of anilines is 1. The maximum Gasteiger partial charge on any atom is 0.341 e. The predicted molar refractivity (Wildman–Crippen MR) is 165 cm³/mol. The van der Waals surface area contributed by atoms with Gasteiger partial charge in [0.05, 0.1) is 33.0 Å². The van der Waals surface area contributed by atoms with Gasteiger partial charge in [-0.3, -0.25) is 9.79 Å². The molecule has 0 saturated heterocycles. The number of nitrogens with zero attached hydrogens (tertiary/aromatic N) is 2. The van der Waals surface area contributed by atoms with E-state index in [9.17, 15) is 14.9 Å². The maximum atomic E-state index is 13.8. The Morgan fingerprint density at radius 3 is 2.18 bits per heavy atom. The average molecular weight is 588 g/mol. The van der Waals surface area contributed by atoms with Crippen LogP contribution in [0.4, 0.5) is 5.69 Å². The molecule has 2 atom stereocenters. The zero-order valence-corrected chi connectivity index (χ0v) is 24.3. The molecule has 1 aliphatic heterocycles. The number of benzene rings is 4. The molecule has 0 bridgehead atoms. The molecule has 9 nitrogen and oxygen atoms in total. The van der Waals surface area contributed by atoms with Crippen molar-refractivity contribution in [2.24, 2.45) is 4.99 Å². The molecule has 0 spiro atoms. The van der Waals surface area contributed by atoms with Crippen molar-refractivity contribution in [2.45, 2.75) is 11.6 Å². The van der Waals surface area contributed by atoms with Crippen LogP contribution in [0.3, 0.4) is 0 Å². The highest BCUT2D eigenvalue weighted by Crippen LogP contribution is 2.38. The number of ether oxygens (including phenoxy) is 4. The second kappa shape index (κ2) is 13.0. The minimum absolute atomic E-state index is 0.116. The van der Waals surface area contributed by atoms with Crippen molar-refractivity contribution in [3.05, 3.63) is 131 Å². The minimum Gasteiger partial charge on any atom is -0.493 e. The third kappa shape index (κ3) is 5.87. The first kappa shape index (κ1) is 29.6. The van der Waals surface area contributed by atoms with Crippen molar-refractivity contribution in [3.63, 3.8) is 0 Å². The van der Waals surface area contributed by atoms with Crippen molar-refractivity contribution in [2.75, 3.05) is 26.6 Å². The lowest BCUT2D eigenvalue weighted by Gasteiger charge is -2.25. The lowest BCUT2D eigenvalue weighted by atomic mass is 9.89. The van der Waals surface area contributed by atoms with E-state index in [1.165, 1.54) is 27.4 Å². The highest BCUT2D eigenvalue weighted by molar-refractivity contribution is 6.04. The highest BCUT2D eigenvalue weighted by Gasteiger charge is 2.39. The first-order valence-electron chi connectivity index (χ1n) is 13.6. The molecule has 1 heterocycles. The minimum atomic E-state index is -1.37. The number of nitriles is 1. The van der Waals surface area contributed by atoms with Crippen LogP contribution in [-0.2, 0) is 15.1 Å². The molecule has 1 N–H and O–H groups in total. The first-order valence-corrected chi connectivity index (χ1v) is 13.6. The number of amides is 1. The van der Waals surface area contributed by atoms with E-state index in [-0.39, 0.29) is 11.3 Å². The Morgan fingerprint density at radius 2 is 1.55 bits per heavy atom. The quantitative estimate of drug-likeness (QED) is 0.226. The van der Waals surface area contributed by atoms with Gasteiger partial charge in [-0.05, 0) is 71.3 Å². The molecule has 4 aromatic rings. The summed E-state index contributed by atoms with van der Waals surface area (Å²) in [7, 11) is 4.33. The van der Waals surface area contributed by atoms with Gasteiger partial charge >= 0.3 is 5.97 Å². The van der Waals surface area contributed by atoms with Crippen LogP contribution in [-0.4, -0.2) is 39.4 Å².